The summed E-state index contributed by atoms with van der Waals surface area (Å²) in [5, 5.41) is 3.65. The topological polar surface area (TPSA) is 75.3 Å². The maximum atomic E-state index is 12.4. The fraction of sp³-hybridized carbons (Fsp3) is 0.381. The van der Waals surface area contributed by atoms with Gasteiger partial charge in [0.2, 0.25) is 0 Å². The van der Waals surface area contributed by atoms with E-state index in [1.54, 1.807) is 42.5 Å². The van der Waals surface area contributed by atoms with Gasteiger partial charge in [-0.15, -0.1) is 0 Å². The second-order valence-corrected chi connectivity index (χ2v) is 9.98. The molecule has 0 saturated heterocycles. The van der Waals surface area contributed by atoms with Crippen molar-refractivity contribution in [3.8, 4) is 0 Å². The molecule has 1 fully saturated rings. The van der Waals surface area contributed by atoms with Crippen molar-refractivity contribution in [2.45, 2.75) is 42.2 Å². The standard InChI is InChI=1S/C21H26N2O3S2/c24-21(22-14-15-27-19-10-3-1-4-11-19)17-8-7-9-18(16-17)23-28(25,26)20-12-5-2-6-13-20/h2,5-9,12-13,16,19,23H,1,3-4,10-11,14-15H2,(H,22,24). The van der Waals surface area contributed by atoms with Crippen LogP contribution >= 0.6 is 11.8 Å². The molecule has 2 aromatic rings. The molecule has 0 heterocycles. The number of sulfonamides is 1. The molecule has 1 aliphatic carbocycles. The highest BCUT2D eigenvalue weighted by atomic mass is 32.2. The average Bonchev–Trinajstić information content (AvgIpc) is 2.72. The maximum absolute atomic E-state index is 12.4. The van der Waals surface area contributed by atoms with E-state index in [0.717, 1.165) is 11.0 Å². The zero-order valence-corrected chi connectivity index (χ0v) is 17.4. The third-order valence-corrected chi connectivity index (χ3v) is 7.50. The first-order valence-electron chi connectivity index (χ1n) is 9.62. The fourth-order valence-corrected chi connectivity index (χ4v) is 5.55. The third-order valence-electron chi connectivity index (χ3n) is 4.72. The van der Waals surface area contributed by atoms with Gasteiger partial charge in [0.15, 0.2) is 0 Å². The Bertz CT molecular complexity index is 880. The lowest BCUT2D eigenvalue weighted by atomic mass is 10.0. The first-order valence-corrected chi connectivity index (χ1v) is 12.2. The van der Waals surface area contributed by atoms with E-state index >= 15 is 0 Å². The zero-order chi connectivity index (χ0) is 19.8. The molecule has 7 heteroatoms. The highest BCUT2D eigenvalue weighted by Gasteiger charge is 2.15. The summed E-state index contributed by atoms with van der Waals surface area (Å²) in [6.07, 6.45) is 6.54. The molecule has 1 saturated carbocycles. The third kappa shape index (κ3) is 6.01. The summed E-state index contributed by atoms with van der Waals surface area (Å²) in [6, 6.07) is 14.7. The van der Waals surface area contributed by atoms with Gasteiger partial charge >= 0.3 is 0 Å². The molecule has 150 valence electrons. The van der Waals surface area contributed by atoms with E-state index in [1.165, 1.54) is 44.2 Å². The molecular formula is C21H26N2O3S2. The van der Waals surface area contributed by atoms with Crippen LogP contribution in [0, 0.1) is 0 Å². The second kappa shape index (κ2) is 9.98. The summed E-state index contributed by atoms with van der Waals surface area (Å²) in [5.74, 6) is 0.710. The van der Waals surface area contributed by atoms with E-state index in [9.17, 15) is 13.2 Å². The molecule has 0 unspecified atom stereocenters. The van der Waals surface area contributed by atoms with Crippen LogP contribution in [0.4, 0.5) is 5.69 Å². The van der Waals surface area contributed by atoms with Gasteiger partial charge in [-0.25, -0.2) is 8.42 Å². The Morgan fingerprint density at radius 1 is 1.00 bits per heavy atom. The Morgan fingerprint density at radius 3 is 2.50 bits per heavy atom. The Morgan fingerprint density at radius 2 is 1.75 bits per heavy atom. The molecular weight excluding hydrogens is 392 g/mol. The number of carbonyl (C=O) groups excluding carboxylic acids is 1. The van der Waals surface area contributed by atoms with Crippen LogP contribution < -0.4 is 10.0 Å². The number of carbonyl (C=O) groups is 1. The fourth-order valence-electron chi connectivity index (χ4n) is 3.26. The molecule has 2 aromatic carbocycles. The van der Waals surface area contributed by atoms with Crippen LogP contribution in [0.25, 0.3) is 0 Å². The van der Waals surface area contributed by atoms with Crippen molar-refractivity contribution in [1.82, 2.24) is 5.32 Å². The number of rotatable bonds is 8. The Labute approximate surface area is 171 Å². The SMILES string of the molecule is O=C(NCCSC1CCCCC1)c1cccc(NS(=O)(=O)c2ccccc2)c1. The lowest BCUT2D eigenvalue weighted by Crippen LogP contribution is -2.26. The van der Waals surface area contributed by atoms with Gasteiger partial charge in [-0.05, 0) is 43.2 Å². The monoisotopic (exact) mass is 418 g/mol. The van der Waals surface area contributed by atoms with Crippen molar-refractivity contribution < 1.29 is 13.2 Å². The van der Waals surface area contributed by atoms with Crippen molar-refractivity contribution in [3.63, 3.8) is 0 Å². The molecule has 1 amide bonds. The van der Waals surface area contributed by atoms with E-state index in [-0.39, 0.29) is 10.8 Å². The van der Waals surface area contributed by atoms with Crippen LogP contribution in [0.5, 0.6) is 0 Å². The number of anilines is 1. The number of hydrogen-bond donors (Lipinski definition) is 2. The lowest BCUT2D eigenvalue weighted by molar-refractivity contribution is 0.0956. The lowest BCUT2D eigenvalue weighted by Gasteiger charge is -2.20. The number of thioether (sulfide) groups is 1. The minimum absolute atomic E-state index is 0.185. The summed E-state index contributed by atoms with van der Waals surface area (Å²) in [6.45, 7) is 0.611. The van der Waals surface area contributed by atoms with Crippen LogP contribution in [-0.4, -0.2) is 31.9 Å². The minimum atomic E-state index is -3.67. The van der Waals surface area contributed by atoms with Crippen LogP contribution in [0.2, 0.25) is 0 Å². The van der Waals surface area contributed by atoms with Crippen molar-refractivity contribution >= 4 is 33.4 Å². The first kappa shape index (κ1) is 20.7. The van der Waals surface area contributed by atoms with Crippen molar-refractivity contribution in [2.75, 3.05) is 17.0 Å². The van der Waals surface area contributed by atoms with Crippen LogP contribution in [0.3, 0.4) is 0 Å². The molecule has 0 radical (unpaired) electrons. The highest BCUT2D eigenvalue weighted by Crippen LogP contribution is 2.27. The molecule has 1 aliphatic rings. The Hall–Kier alpha value is -1.99. The van der Waals surface area contributed by atoms with E-state index < -0.39 is 10.0 Å². The number of nitrogens with one attached hydrogen (secondary N) is 2. The van der Waals surface area contributed by atoms with Crippen molar-refractivity contribution in [1.29, 1.82) is 0 Å². The highest BCUT2D eigenvalue weighted by molar-refractivity contribution is 7.99. The molecule has 0 atom stereocenters. The minimum Gasteiger partial charge on any atom is -0.351 e. The molecule has 3 rings (SSSR count). The maximum Gasteiger partial charge on any atom is 0.261 e. The van der Waals surface area contributed by atoms with Gasteiger partial charge < -0.3 is 5.32 Å². The Kier molecular flexibility index (Phi) is 7.39. The summed E-state index contributed by atoms with van der Waals surface area (Å²) in [4.78, 5) is 12.6. The molecule has 0 spiro atoms. The van der Waals surface area contributed by atoms with Gasteiger partial charge in [0.05, 0.1) is 4.90 Å². The second-order valence-electron chi connectivity index (χ2n) is 6.89. The summed E-state index contributed by atoms with van der Waals surface area (Å²) >= 11 is 1.94. The molecule has 0 bridgehead atoms. The zero-order valence-electron chi connectivity index (χ0n) is 15.8. The van der Waals surface area contributed by atoms with Gasteiger partial charge in [0.25, 0.3) is 15.9 Å². The molecule has 28 heavy (non-hydrogen) atoms. The van der Waals surface area contributed by atoms with E-state index in [0.29, 0.717) is 17.8 Å². The Balaban J connectivity index is 1.53. The largest absolute Gasteiger partial charge is 0.351 e. The van der Waals surface area contributed by atoms with Gasteiger partial charge in [-0.1, -0.05) is 43.5 Å². The van der Waals surface area contributed by atoms with E-state index in [2.05, 4.69) is 10.0 Å². The molecule has 0 aliphatic heterocycles. The van der Waals surface area contributed by atoms with Crippen molar-refractivity contribution in [3.05, 3.63) is 60.2 Å². The van der Waals surface area contributed by atoms with Crippen LogP contribution in [0.15, 0.2) is 59.5 Å². The summed E-state index contributed by atoms with van der Waals surface area (Å²) < 4.78 is 27.4. The smallest absolute Gasteiger partial charge is 0.261 e. The van der Waals surface area contributed by atoms with Gasteiger partial charge in [0, 0.05) is 28.8 Å². The van der Waals surface area contributed by atoms with E-state index in [1.807, 2.05) is 11.8 Å². The molecule has 0 aromatic heterocycles. The number of amides is 1. The predicted octanol–water partition coefficient (Wildman–Crippen LogP) is 4.28. The van der Waals surface area contributed by atoms with Gasteiger partial charge in [0.1, 0.15) is 0 Å². The normalized spacial score (nSPS) is 15.1. The predicted molar refractivity (Wildman–Crippen MR) is 115 cm³/mol. The van der Waals surface area contributed by atoms with Crippen LogP contribution in [-0.2, 0) is 10.0 Å². The first-order chi connectivity index (χ1) is 13.5. The molecule has 5 nitrogen and oxygen atoms in total. The van der Waals surface area contributed by atoms with E-state index in [4.69, 9.17) is 0 Å². The van der Waals surface area contributed by atoms with Gasteiger partial charge in [-0.3, -0.25) is 9.52 Å². The molecule has 2 N–H and O–H groups in total. The number of benzene rings is 2. The summed E-state index contributed by atoms with van der Waals surface area (Å²) in [7, 11) is -3.67. The van der Waals surface area contributed by atoms with Crippen LogP contribution in [0.1, 0.15) is 42.5 Å². The van der Waals surface area contributed by atoms with Gasteiger partial charge in [-0.2, -0.15) is 11.8 Å². The number of hydrogen-bond acceptors (Lipinski definition) is 4. The quantitative estimate of drug-likeness (QED) is 0.628. The average molecular weight is 419 g/mol. The van der Waals surface area contributed by atoms with Crippen molar-refractivity contribution in [2.24, 2.45) is 0 Å². The summed E-state index contributed by atoms with van der Waals surface area (Å²) in [5.41, 5.74) is 0.809.